The highest BCUT2D eigenvalue weighted by molar-refractivity contribution is 7.89. The fourth-order valence-electron chi connectivity index (χ4n) is 4.69. The number of sulfonamides is 1. The number of rotatable bonds is 9. The van der Waals surface area contributed by atoms with E-state index >= 15 is 0 Å². The first-order valence-corrected chi connectivity index (χ1v) is 12.8. The van der Waals surface area contributed by atoms with Crippen molar-refractivity contribution in [2.24, 2.45) is 0 Å². The molecule has 1 saturated carbocycles. The molecule has 10 heteroatoms. The van der Waals surface area contributed by atoms with Gasteiger partial charge in [-0.15, -0.1) is 5.10 Å². The van der Waals surface area contributed by atoms with Gasteiger partial charge in [0.1, 0.15) is 10.6 Å². The number of methoxy groups -OCH3 is 1. The Bertz CT molecular complexity index is 990. The summed E-state index contributed by atoms with van der Waals surface area (Å²) in [6.45, 7) is 0.422. The molecule has 2 fully saturated rings. The molecule has 2 heterocycles. The predicted molar refractivity (Wildman–Crippen MR) is 118 cm³/mol. The lowest BCUT2D eigenvalue weighted by Crippen LogP contribution is -2.51. The number of aliphatic hydroxyl groups excluding tert-OH is 1. The van der Waals surface area contributed by atoms with Gasteiger partial charge in [0, 0.05) is 18.7 Å². The van der Waals surface area contributed by atoms with Crippen molar-refractivity contribution in [1.82, 2.24) is 19.7 Å². The van der Waals surface area contributed by atoms with Crippen molar-refractivity contribution in [2.45, 2.75) is 80.6 Å². The van der Waals surface area contributed by atoms with Crippen molar-refractivity contribution in [3.05, 3.63) is 36.2 Å². The van der Waals surface area contributed by atoms with E-state index in [0.29, 0.717) is 25.3 Å². The van der Waals surface area contributed by atoms with Crippen LogP contribution in [-0.2, 0) is 21.3 Å². The van der Waals surface area contributed by atoms with Crippen molar-refractivity contribution in [2.75, 3.05) is 13.7 Å². The van der Waals surface area contributed by atoms with Crippen LogP contribution in [0.5, 0.6) is 5.75 Å². The first-order chi connectivity index (χ1) is 15.5. The zero-order valence-corrected chi connectivity index (χ0v) is 19.2. The van der Waals surface area contributed by atoms with Gasteiger partial charge in [-0.25, -0.2) is 13.1 Å². The highest BCUT2D eigenvalue weighted by Crippen LogP contribution is 2.32. The molecule has 1 aliphatic carbocycles. The Kier molecular flexibility index (Phi) is 7.44. The SMILES string of the molecule is COc1ccccc1S(=O)(=O)N[C@H]1CC[C@@H](CCn2cc(C3CCCC3)nn2)O[C@H]1CO. The zero-order valence-electron chi connectivity index (χ0n) is 18.4. The molecule has 1 aromatic heterocycles. The molecule has 1 aromatic carbocycles. The van der Waals surface area contributed by atoms with Crippen LogP contribution in [0.15, 0.2) is 35.4 Å². The van der Waals surface area contributed by atoms with Gasteiger partial charge in [0.15, 0.2) is 0 Å². The molecule has 3 atom stereocenters. The summed E-state index contributed by atoms with van der Waals surface area (Å²) in [4.78, 5) is 0.0746. The Labute approximate surface area is 189 Å². The van der Waals surface area contributed by atoms with E-state index in [0.717, 1.165) is 12.1 Å². The minimum absolute atomic E-state index is 0.0710. The standard InChI is InChI=1S/C22H32N4O5S/c1-30-20-8-4-5-9-22(20)32(28,29)24-18-11-10-17(31-21(18)15-27)12-13-26-14-19(23-25-26)16-6-2-3-7-16/h4-5,8-9,14,16-18,21,24,27H,2-3,6-7,10-13,15H2,1H3/t17-,18-,21-/m0/s1. The molecule has 0 unspecified atom stereocenters. The lowest BCUT2D eigenvalue weighted by atomic mass is 9.98. The molecule has 0 amide bonds. The third-order valence-corrected chi connectivity index (χ3v) is 8.00. The molecule has 0 bridgehead atoms. The Morgan fingerprint density at radius 2 is 2.00 bits per heavy atom. The normalized spacial score (nSPS) is 24.6. The summed E-state index contributed by atoms with van der Waals surface area (Å²) in [6.07, 6.45) is 8.26. The molecule has 9 nitrogen and oxygen atoms in total. The molecule has 2 aromatic rings. The van der Waals surface area contributed by atoms with Crippen LogP contribution in [0.4, 0.5) is 0 Å². The highest BCUT2D eigenvalue weighted by atomic mass is 32.2. The summed E-state index contributed by atoms with van der Waals surface area (Å²) >= 11 is 0. The van der Waals surface area contributed by atoms with Crippen molar-refractivity contribution in [1.29, 1.82) is 0 Å². The molecule has 2 N–H and O–H groups in total. The number of hydrogen-bond acceptors (Lipinski definition) is 7. The van der Waals surface area contributed by atoms with Crippen molar-refractivity contribution < 1.29 is 23.0 Å². The fraction of sp³-hybridized carbons (Fsp3) is 0.636. The smallest absolute Gasteiger partial charge is 0.244 e. The number of nitrogens with one attached hydrogen (secondary N) is 1. The Hall–Kier alpha value is -2.01. The topological polar surface area (TPSA) is 116 Å². The highest BCUT2D eigenvalue weighted by Gasteiger charge is 2.34. The number of aliphatic hydroxyl groups is 1. The van der Waals surface area contributed by atoms with Crippen molar-refractivity contribution in [3.8, 4) is 5.75 Å². The van der Waals surface area contributed by atoms with Gasteiger partial charge in [0.05, 0.1) is 37.7 Å². The molecule has 0 radical (unpaired) electrons. The second-order valence-corrected chi connectivity index (χ2v) is 10.3. The van der Waals surface area contributed by atoms with Gasteiger partial charge in [-0.1, -0.05) is 30.2 Å². The number of benzene rings is 1. The monoisotopic (exact) mass is 464 g/mol. The largest absolute Gasteiger partial charge is 0.495 e. The zero-order chi connectivity index (χ0) is 22.6. The van der Waals surface area contributed by atoms with Gasteiger partial charge in [-0.3, -0.25) is 4.68 Å². The van der Waals surface area contributed by atoms with E-state index < -0.39 is 22.2 Å². The fourth-order valence-corrected chi connectivity index (χ4v) is 6.16. The maximum Gasteiger partial charge on any atom is 0.244 e. The van der Waals surface area contributed by atoms with Crippen LogP contribution >= 0.6 is 0 Å². The molecule has 0 spiro atoms. The van der Waals surface area contributed by atoms with Crippen LogP contribution in [0.1, 0.15) is 56.6 Å². The summed E-state index contributed by atoms with van der Waals surface area (Å²) in [5, 5.41) is 18.4. The summed E-state index contributed by atoms with van der Waals surface area (Å²) in [7, 11) is -2.38. The lowest BCUT2D eigenvalue weighted by molar-refractivity contribution is -0.0891. The van der Waals surface area contributed by atoms with Crippen molar-refractivity contribution in [3.63, 3.8) is 0 Å². The first-order valence-electron chi connectivity index (χ1n) is 11.3. The minimum atomic E-state index is -3.81. The van der Waals surface area contributed by atoms with E-state index in [-0.39, 0.29) is 23.4 Å². The first kappa shape index (κ1) is 23.2. The van der Waals surface area contributed by atoms with Crippen LogP contribution in [0.25, 0.3) is 0 Å². The summed E-state index contributed by atoms with van der Waals surface area (Å²) < 4.78 is 41.6. The molecule has 1 aliphatic heterocycles. The van der Waals surface area contributed by atoms with E-state index in [2.05, 4.69) is 15.0 Å². The van der Waals surface area contributed by atoms with E-state index in [4.69, 9.17) is 9.47 Å². The summed E-state index contributed by atoms with van der Waals surface area (Å²) in [6, 6.07) is 5.96. The number of ether oxygens (including phenoxy) is 2. The van der Waals surface area contributed by atoms with Crippen LogP contribution in [0.2, 0.25) is 0 Å². The van der Waals surface area contributed by atoms with E-state index in [9.17, 15) is 13.5 Å². The van der Waals surface area contributed by atoms with Crippen LogP contribution in [-0.4, -0.2) is 60.5 Å². The average Bonchev–Trinajstić information content (AvgIpc) is 3.50. The third kappa shape index (κ3) is 5.31. The lowest BCUT2D eigenvalue weighted by Gasteiger charge is -2.36. The number of hydrogen-bond donors (Lipinski definition) is 2. The molecule has 32 heavy (non-hydrogen) atoms. The summed E-state index contributed by atoms with van der Waals surface area (Å²) in [5.74, 6) is 0.811. The number of aromatic nitrogens is 3. The van der Waals surface area contributed by atoms with Crippen LogP contribution in [0, 0.1) is 0 Å². The molecule has 1 saturated heterocycles. The van der Waals surface area contributed by atoms with Gasteiger partial charge in [-0.2, -0.15) is 0 Å². The van der Waals surface area contributed by atoms with Crippen LogP contribution in [0.3, 0.4) is 0 Å². The van der Waals surface area contributed by atoms with Gasteiger partial charge in [0.25, 0.3) is 0 Å². The maximum atomic E-state index is 12.9. The number of aryl methyl sites for hydroxylation is 1. The maximum absolute atomic E-state index is 12.9. The van der Waals surface area contributed by atoms with E-state index in [1.807, 2.05) is 10.9 Å². The van der Waals surface area contributed by atoms with E-state index in [1.165, 1.54) is 38.9 Å². The van der Waals surface area contributed by atoms with Gasteiger partial charge in [-0.05, 0) is 44.2 Å². The average molecular weight is 465 g/mol. The minimum Gasteiger partial charge on any atom is -0.495 e. The Morgan fingerprint density at radius 1 is 1.22 bits per heavy atom. The predicted octanol–water partition coefficient (Wildman–Crippen LogP) is 2.22. The Balaban J connectivity index is 1.33. The molecule has 2 aliphatic rings. The second kappa shape index (κ2) is 10.3. The second-order valence-electron chi connectivity index (χ2n) is 8.61. The van der Waals surface area contributed by atoms with Crippen LogP contribution < -0.4 is 9.46 Å². The van der Waals surface area contributed by atoms with E-state index in [1.54, 1.807) is 18.2 Å². The summed E-state index contributed by atoms with van der Waals surface area (Å²) in [5.41, 5.74) is 1.08. The number of para-hydroxylation sites is 1. The number of nitrogens with zero attached hydrogens (tertiary/aromatic N) is 3. The molecular weight excluding hydrogens is 432 g/mol. The van der Waals surface area contributed by atoms with Gasteiger partial charge < -0.3 is 14.6 Å². The van der Waals surface area contributed by atoms with Gasteiger partial charge >= 0.3 is 0 Å². The molecule has 176 valence electrons. The molecule has 4 rings (SSSR count). The Morgan fingerprint density at radius 3 is 2.75 bits per heavy atom. The van der Waals surface area contributed by atoms with Gasteiger partial charge in [0.2, 0.25) is 10.0 Å². The third-order valence-electron chi connectivity index (χ3n) is 6.47. The quantitative estimate of drug-likeness (QED) is 0.585. The molecular formula is C22H32N4O5S. The van der Waals surface area contributed by atoms with Crippen molar-refractivity contribution >= 4 is 10.0 Å².